The van der Waals surface area contributed by atoms with E-state index in [1.165, 1.54) is 0 Å². The van der Waals surface area contributed by atoms with Crippen LogP contribution in [0.2, 0.25) is 0 Å². The van der Waals surface area contributed by atoms with Gasteiger partial charge in [0.2, 0.25) is 0 Å². The molecule has 0 bridgehead atoms. The molecule has 190 valence electrons. The van der Waals surface area contributed by atoms with Crippen LogP contribution in [-0.2, 0) is 25.5 Å². The summed E-state index contributed by atoms with van der Waals surface area (Å²) in [6.45, 7) is 6.95. The highest BCUT2D eigenvalue weighted by Gasteiger charge is 2.20. The minimum Gasteiger partial charge on any atom is -0.487 e. The number of nitrogens with zero attached hydrogens (tertiary/aromatic N) is 1. The summed E-state index contributed by atoms with van der Waals surface area (Å²) in [5, 5.41) is 4.24. The number of benzene rings is 3. The molecule has 0 saturated heterocycles. The van der Waals surface area contributed by atoms with Gasteiger partial charge in [0.15, 0.2) is 6.10 Å². The maximum absolute atomic E-state index is 12.1. The Morgan fingerprint density at radius 3 is 2.08 bits per heavy atom. The zero-order valence-corrected chi connectivity index (χ0v) is 21.0. The lowest BCUT2D eigenvalue weighted by molar-refractivity contribution is -0.156. The van der Waals surface area contributed by atoms with Gasteiger partial charge in [-0.3, -0.25) is 0 Å². The third-order valence-electron chi connectivity index (χ3n) is 5.11. The zero-order chi connectivity index (χ0) is 25.6. The van der Waals surface area contributed by atoms with Crippen molar-refractivity contribution in [3.8, 4) is 17.2 Å². The second-order valence-corrected chi connectivity index (χ2v) is 7.73. The maximum Gasteiger partial charge on any atom is 0.335 e. The molecule has 0 N–H and O–H groups in total. The summed E-state index contributed by atoms with van der Waals surface area (Å²) in [7, 11) is 0. The Kier molecular flexibility index (Phi) is 10.8. The van der Waals surface area contributed by atoms with E-state index in [-0.39, 0.29) is 12.6 Å². The fourth-order valence-electron chi connectivity index (χ4n) is 3.38. The highest BCUT2D eigenvalue weighted by molar-refractivity contribution is 6.01. The molecule has 0 heterocycles. The summed E-state index contributed by atoms with van der Waals surface area (Å²) >= 11 is 0. The van der Waals surface area contributed by atoms with Gasteiger partial charge in [-0.05, 0) is 74.9 Å². The predicted octanol–water partition coefficient (Wildman–Crippen LogP) is 5.81. The number of rotatable bonds is 14. The zero-order valence-electron chi connectivity index (χ0n) is 21.0. The number of hydrogen-bond acceptors (Lipinski definition) is 7. The first-order chi connectivity index (χ1) is 17.6. The fraction of sp³-hybridized carbons (Fsp3) is 0.310. The smallest absolute Gasteiger partial charge is 0.335 e. The molecule has 0 aliphatic carbocycles. The Morgan fingerprint density at radius 1 is 0.778 bits per heavy atom. The number of hydrogen-bond donors (Lipinski definition) is 0. The van der Waals surface area contributed by atoms with Crippen molar-refractivity contribution in [3.63, 3.8) is 0 Å². The summed E-state index contributed by atoms with van der Waals surface area (Å²) in [6, 6.07) is 24.8. The molecule has 36 heavy (non-hydrogen) atoms. The summed E-state index contributed by atoms with van der Waals surface area (Å²) in [5.41, 5.74) is 2.48. The van der Waals surface area contributed by atoms with E-state index in [0.29, 0.717) is 37.7 Å². The summed E-state index contributed by atoms with van der Waals surface area (Å²) in [4.78, 5) is 17.4. The molecule has 7 heteroatoms. The van der Waals surface area contributed by atoms with Crippen LogP contribution in [0.1, 0.15) is 31.9 Å². The van der Waals surface area contributed by atoms with Crippen molar-refractivity contribution in [1.82, 2.24) is 0 Å². The van der Waals surface area contributed by atoms with Crippen LogP contribution in [-0.4, -0.2) is 44.2 Å². The Balaban J connectivity index is 1.61. The largest absolute Gasteiger partial charge is 0.487 e. The van der Waals surface area contributed by atoms with Crippen molar-refractivity contribution >= 4 is 11.7 Å². The maximum atomic E-state index is 12.1. The molecule has 0 aromatic heterocycles. The molecule has 0 aliphatic heterocycles. The molecule has 7 nitrogen and oxygen atoms in total. The lowest BCUT2D eigenvalue weighted by atomic mass is 10.1. The fourth-order valence-corrected chi connectivity index (χ4v) is 3.38. The SMILES string of the molecule is CCO/N=C(\COc1ccc(CC(OCC)C(=O)OCC)cc1)c1ccc(Oc2ccccc2)cc1. The van der Waals surface area contributed by atoms with Gasteiger partial charge in [0.1, 0.15) is 36.2 Å². The van der Waals surface area contributed by atoms with E-state index < -0.39 is 6.10 Å². The normalized spacial score (nSPS) is 12.0. The van der Waals surface area contributed by atoms with Gasteiger partial charge in [-0.15, -0.1) is 0 Å². The molecule has 0 fully saturated rings. The molecule has 1 unspecified atom stereocenters. The lowest BCUT2D eigenvalue weighted by Crippen LogP contribution is -2.28. The standard InChI is InChI=1S/C29H33NO6/c1-4-32-28(29(31)33-5-2)20-22-12-16-24(17-13-22)34-21-27(30-35-6-3)23-14-18-26(19-15-23)36-25-10-8-7-9-11-25/h7-19,28H,4-6,20-21H2,1-3H3/b30-27+. The first-order valence-electron chi connectivity index (χ1n) is 12.1. The topological polar surface area (TPSA) is 75.6 Å². The third kappa shape index (κ3) is 8.43. The van der Waals surface area contributed by atoms with Crippen LogP contribution in [0.15, 0.2) is 84.0 Å². The van der Waals surface area contributed by atoms with E-state index >= 15 is 0 Å². The second-order valence-electron chi connectivity index (χ2n) is 7.73. The van der Waals surface area contributed by atoms with Crippen LogP contribution in [0.3, 0.4) is 0 Å². The monoisotopic (exact) mass is 491 g/mol. The van der Waals surface area contributed by atoms with E-state index in [1.54, 1.807) is 6.92 Å². The second kappa shape index (κ2) is 14.5. The molecule has 0 amide bonds. The van der Waals surface area contributed by atoms with Crippen LogP contribution in [0, 0.1) is 0 Å². The molecule has 3 aromatic carbocycles. The quantitative estimate of drug-likeness (QED) is 0.161. The molecule has 3 rings (SSSR count). The summed E-state index contributed by atoms with van der Waals surface area (Å²) < 4.78 is 22.5. The summed E-state index contributed by atoms with van der Waals surface area (Å²) in [6.07, 6.45) is -0.193. The van der Waals surface area contributed by atoms with Gasteiger partial charge in [0.25, 0.3) is 0 Å². The molecular formula is C29H33NO6. The van der Waals surface area contributed by atoms with Crippen molar-refractivity contribution in [2.24, 2.45) is 5.16 Å². The Bertz CT molecular complexity index is 1080. The molecule has 3 aromatic rings. The number of carbonyl (C=O) groups is 1. The third-order valence-corrected chi connectivity index (χ3v) is 5.11. The van der Waals surface area contributed by atoms with E-state index in [2.05, 4.69) is 5.16 Å². The number of esters is 1. The van der Waals surface area contributed by atoms with E-state index in [1.807, 2.05) is 92.7 Å². The van der Waals surface area contributed by atoms with Gasteiger partial charge in [0, 0.05) is 18.6 Å². The van der Waals surface area contributed by atoms with Crippen LogP contribution in [0.4, 0.5) is 0 Å². The molecule has 0 aliphatic rings. The van der Waals surface area contributed by atoms with Gasteiger partial charge in [-0.25, -0.2) is 4.79 Å². The molecule has 0 saturated carbocycles. The van der Waals surface area contributed by atoms with E-state index in [4.69, 9.17) is 23.8 Å². The van der Waals surface area contributed by atoms with Crippen LogP contribution < -0.4 is 9.47 Å². The Labute approximate surface area is 212 Å². The van der Waals surface area contributed by atoms with Crippen molar-refractivity contribution in [2.45, 2.75) is 33.3 Å². The number of ether oxygens (including phenoxy) is 4. The van der Waals surface area contributed by atoms with Crippen LogP contribution in [0.25, 0.3) is 0 Å². The van der Waals surface area contributed by atoms with Crippen molar-refractivity contribution in [2.75, 3.05) is 26.4 Å². The average Bonchev–Trinajstić information content (AvgIpc) is 2.91. The number of carbonyl (C=O) groups excluding carboxylic acids is 1. The van der Waals surface area contributed by atoms with Crippen molar-refractivity contribution in [1.29, 1.82) is 0 Å². The van der Waals surface area contributed by atoms with Crippen molar-refractivity contribution < 1.29 is 28.6 Å². The minimum atomic E-state index is -0.625. The predicted molar refractivity (Wildman–Crippen MR) is 139 cm³/mol. The van der Waals surface area contributed by atoms with Crippen LogP contribution >= 0.6 is 0 Å². The first-order valence-corrected chi connectivity index (χ1v) is 12.1. The Hall–Kier alpha value is -3.84. The van der Waals surface area contributed by atoms with Crippen molar-refractivity contribution in [3.05, 3.63) is 90.0 Å². The molecule has 1 atom stereocenters. The lowest BCUT2D eigenvalue weighted by Gasteiger charge is -2.16. The summed E-state index contributed by atoms with van der Waals surface area (Å²) in [5.74, 6) is 1.83. The molecule has 0 spiro atoms. The minimum absolute atomic E-state index is 0.225. The van der Waals surface area contributed by atoms with Gasteiger partial charge in [-0.2, -0.15) is 0 Å². The first kappa shape index (κ1) is 26.8. The van der Waals surface area contributed by atoms with Crippen LogP contribution in [0.5, 0.6) is 17.2 Å². The van der Waals surface area contributed by atoms with Gasteiger partial charge < -0.3 is 23.8 Å². The molecule has 0 radical (unpaired) electrons. The van der Waals surface area contributed by atoms with E-state index in [0.717, 1.165) is 22.6 Å². The Morgan fingerprint density at radius 2 is 1.44 bits per heavy atom. The average molecular weight is 492 g/mol. The van der Waals surface area contributed by atoms with Gasteiger partial charge in [-0.1, -0.05) is 35.5 Å². The number of oxime groups is 1. The molecular weight excluding hydrogens is 458 g/mol. The van der Waals surface area contributed by atoms with E-state index in [9.17, 15) is 4.79 Å². The van der Waals surface area contributed by atoms with Gasteiger partial charge in [0.05, 0.1) is 6.61 Å². The highest BCUT2D eigenvalue weighted by atomic mass is 16.6. The highest BCUT2D eigenvalue weighted by Crippen LogP contribution is 2.22. The van der Waals surface area contributed by atoms with Gasteiger partial charge >= 0.3 is 5.97 Å². The number of para-hydroxylation sites is 1.